The first-order chi connectivity index (χ1) is 9.11. The van der Waals surface area contributed by atoms with Crippen molar-refractivity contribution < 1.29 is 4.79 Å². The number of hydrogen-bond donors (Lipinski definition) is 1. The molecule has 1 amide bonds. The number of halogens is 1. The van der Waals surface area contributed by atoms with Gasteiger partial charge >= 0.3 is 0 Å². The molecular formula is C16H22BrNO. The highest BCUT2D eigenvalue weighted by molar-refractivity contribution is 9.10. The zero-order chi connectivity index (χ0) is 13.8. The largest absolute Gasteiger partial charge is 0.349 e. The molecule has 1 aliphatic carbocycles. The zero-order valence-electron chi connectivity index (χ0n) is 11.7. The fourth-order valence-corrected chi connectivity index (χ4v) is 3.20. The molecule has 0 spiro atoms. The molecule has 0 atom stereocenters. The fourth-order valence-electron chi connectivity index (χ4n) is 2.83. The van der Waals surface area contributed by atoms with E-state index in [9.17, 15) is 4.79 Å². The number of carbonyl (C=O) groups excluding carboxylic acids is 1. The number of amides is 1. The van der Waals surface area contributed by atoms with Crippen molar-refractivity contribution in [2.75, 3.05) is 0 Å². The van der Waals surface area contributed by atoms with Gasteiger partial charge in [-0.15, -0.1) is 0 Å². The lowest BCUT2D eigenvalue weighted by Gasteiger charge is -2.28. The van der Waals surface area contributed by atoms with Crippen molar-refractivity contribution >= 4 is 21.8 Å². The molecule has 0 unspecified atom stereocenters. The van der Waals surface area contributed by atoms with Crippen molar-refractivity contribution in [3.8, 4) is 0 Å². The molecule has 0 radical (unpaired) electrons. The van der Waals surface area contributed by atoms with E-state index in [4.69, 9.17) is 0 Å². The Labute approximate surface area is 124 Å². The Balaban J connectivity index is 1.96. The molecule has 1 aliphatic rings. The molecule has 2 nitrogen and oxygen atoms in total. The number of hydrogen-bond acceptors (Lipinski definition) is 1. The molecule has 2 rings (SSSR count). The van der Waals surface area contributed by atoms with E-state index < -0.39 is 0 Å². The maximum atomic E-state index is 12.3. The molecule has 19 heavy (non-hydrogen) atoms. The molecule has 0 aromatic heterocycles. The van der Waals surface area contributed by atoms with Crippen LogP contribution in [0.4, 0.5) is 0 Å². The van der Waals surface area contributed by atoms with Gasteiger partial charge < -0.3 is 5.32 Å². The molecule has 1 N–H and O–H groups in total. The van der Waals surface area contributed by atoms with Gasteiger partial charge in [-0.2, -0.15) is 0 Å². The lowest BCUT2D eigenvalue weighted by Crippen LogP contribution is -2.37. The molecule has 1 aromatic rings. The minimum absolute atomic E-state index is 0.0683. The standard InChI is InChI=1S/C16H22BrNO/c1-3-12-7-9-13(10-8-12)18-16(19)14-5-4-6-15(17)11(14)2/h4-6,12-13H,3,7-10H2,1-2H3,(H,18,19). The van der Waals surface area contributed by atoms with E-state index in [1.54, 1.807) is 0 Å². The van der Waals surface area contributed by atoms with Crippen LogP contribution in [-0.4, -0.2) is 11.9 Å². The van der Waals surface area contributed by atoms with Crippen LogP contribution in [-0.2, 0) is 0 Å². The predicted octanol–water partition coefficient (Wildman–Crippen LogP) is 4.46. The molecular weight excluding hydrogens is 302 g/mol. The molecule has 1 saturated carbocycles. The van der Waals surface area contributed by atoms with E-state index >= 15 is 0 Å². The predicted molar refractivity (Wildman–Crippen MR) is 82.4 cm³/mol. The van der Waals surface area contributed by atoms with Gasteiger partial charge in [-0.25, -0.2) is 0 Å². The first-order valence-electron chi connectivity index (χ1n) is 7.17. The quantitative estimate of drug-likeness (QED) is 0.874. The number of nitrogens with one attached hydrogen (secondary N) is 1. The Morgan fingerprint density at radius 3 is 2.63 bits per heavy atom. The van der Waals surface area contributed by atoms with Crippen LogP contribution in [0.3, 0.4) is 0 Å². The van der Waals surface area contributed by atoms with Gasteiger partial charge in [0.25, 0.3) is 5.91 Å². The Bertz CT molecular complexity index is 450. The van der Waals surface area contributed by atoms with Crippen molar-refractivity contribution in [2.24, 2.45) is 5.92 Å². The summed E-state index contributed by atoms with van der Waals surface area (Å²) in [6.07, 6.45) is 6.01. The van der Waals surface area contributed by atoms with Crippen LogP contribution in [0, 0.1) is 12.8 Å². The molecule has 0 heterocycles. The average molecular weight is 324 g/mol. The molecule has 0 aliphatic heterocycles. The summed E-state index contributed by atoms with van der Waals surface area (Å²) in [6.45, 7) is 4.24. The maximum Gasteiger partial charge on any atom is 0.251 e. The van der Waals surface area contributed by atoms with Crippen LogP contribution in [0.1, 0.15) is 54.9 Å². The Morgan fingerprint density at radius 1 is 1.32 bits per heavy atom. The van der Waals surface area contributed by atoms with Crippen LogP contribution in [0.2, 0.25) is 0 Å². The van der Waals surface area contributed by atoms with E-state index in [-0.39, 0.29) is 5.91 Å². The average Bonchev–Trinajstić information content (AvgIpc) is 2.42. The molecule has 3 heteroatoms. The van der Waals surface area contributed by atoms with E-state index in [1.165, 1.54) is 19.3 Å². The van der Waals surface area contributed by atoms with Gasteiger partial charge in [-0.3, -0.25) is 4.79 Å². The molecule has 1 fully saturated rings. The summed E-state index contributed by atoms with van der Waals surface area (Å²) >= 11 is 3.48. The summed E-state index contributed by atoms with van der Waals surface area (Å²) in [4.78, 5) is 12.3. The van der Waals surface area contributed by atoms with E-state index in [0.717, 1.165) is 34.4 Å². The van der Waals surface area contributed by atoms with E-state index in [2.05, 4.69) is 28.2 Å². The summed E-state index contributed by atoms with van der Waals surface area (Å²) < 4.78 is 0.995. The normalized spacial score (nSPS) is 23.1. The summed E-state index contributed by atoms with van der Waals surface area (Å²) in [5, 5.41) is 3.19. The Kier molecular flexibility index (Phi) is 5.03. The number of rotatable bonds is 3. The van der Waals surface area contributed by atoms with Crippen LogP contribution < -0.4 is 5.32 Å². The van der Waals surface area contributed by atoms with Crippen LogP contribution >= 0.6 is 15.9 Å². The Morgan fingerprint density at radius 2 is 2.00 bits per heavy atom. The van der Waals surface area contributed by atoms with Gasteiger partial charge in [0.15, 0.2) is 0 Å². The molecule has 1 aromatic carbocycles. The summed E-state index contributed by atoms with van der Waals surface area (Å²) in [5.74, 6) is 0.930. The first kappa shape index (κ1) is 14.6. The third kappa shape index (κ3) is 3.59. The van der Waals surface area contributed by atoms with Gasteiger partial charge in [0, 0.05) is 16.1 Å². The lowest BCUT2D eigenvalue weighted by atomic mass is 9.84. The third-order valence-corrected chi connectivity index (χ3v) is 5.13. The van der Waals surface area contributed by atoms with Crippen LogP contribution in [0.15, 0.2) is 22.7 Å². The first-order valence-corrected chi connectivity index (χ1v) is 7.97. The highest BCUT2D eigenvalue weighted by Gasteiger charge is 2.22. The number of benzene rings is 1. The number of carbonyl (C=O) groups is 1. The second kappa shape index (κ2) is 6.56. The smallest absolute Gasteiger partial charge is 0.251 e. The highest BCUT2D eigenvalue weighted by Crippen LogP contribution is 2.27. The minimum Gasteiger partial charge on any atom is -0.349 e. The maximum absolute atomic E-state index is 12.3. The SMILES string of the molecule is CCC1CCC(NC(=O)c2cccc(Br)c2C)CC1. The zero-order valence-corrected chi connectivity index (χ0v) is 13.3. The molecule has 0 bridgehead atoms. The van der Waals surface area contributed by atoms with E-state index in [0.29, 0.717) is 6.04 Å². The monoisotopic (exact) mass is 323 g/mol. The highest BCUT2D eigenvalue weighted by atomic mass is 79.9. The van der Waals surface area contributed by atoms with E-state index in [1.807, 2.05) is 25.1 Å². The second-order valence-corrected chi connectivity index (χ2v) is 6.37. The summed E-state index contributed by atoms with van der Waals surface area (Å²) in [6, 6.07) is 6.14. The molecule has 104 valence electrons. The van der Waals surface area contributed by atoms with Crippen LogP contribution in [0.5, 0.6) is 0 Å². The van der Waals surface area contributed by atoms with Gasteiger partial charge in [0.05, 0.1) is 0 Å². The second-order valence-electron chi connectivity index (χ2n) is 5.51. The Hall–Kier alpha value is -0.830. The van der Waals surface area contributed by atoms with Crippen molar-refractivity contribution in [3.05, 3.63) is 33.8 Å². The molecule has 0 saturated heterocycles. The van der Waals surface area contributed by atoms with Gasteiger partial charge in [0.2, 0.25) is 0 Å². The van der Waals surface area contributed by atoms with Gasteiger partial charge in [-0.05, 0) is 56.2 Å². The third-order valence-electron chi connectivity index (χ3n) is 4.27. The van der Waals surface area contributed by atoms with Crippen molar-refractivity contribution in [1.82, 2.24) is 5.32 Å². The van der Waals surface area contributed by atoms with Gasteiger partial charge in [0.1, 0.15) is 0 Å². The van der Waals surface area contributed by atoms with Gasteiger partial charge in [-0.1, -0.05) is 35.3 Å². The lowest BCUT2D eigenvalue weighted by molar-refractivity contribution is 0.0921. The van der Waals surface area contributed by atoms with Crippen molar-refractivity contribution in [3.63, 3.8) is 0 Å². The minimum atomic E-state index is 0.0683. The van der Waals surface area contributed by atoms with Crippen molar-refractivity contribution in [1.29, 1.82) is 0 Å². The van der Waals surface area contributed by atoms with Crippen molar-refractivity contribution in [2.45, 2.75) is 52.0 Å². The summed E-state index contributed by atoms with van der Waals surface area (Å²) in [7, 11) is 0. The van der Waals surface area contributed by atoms with Crippen LogP contribution in [0.25, 0.3) is 0 Å². The summed E-state index contributed by atoms with van der Waals surface area (Å²) in [5.41, 5.74) is 1.80. The topological polar surface area (TPSA) is 29.1 Å². The fraction of sp³-hybridized carbons (Fsp3) is 0.562.